The van der Waals surface area contributed by atoms with E-state index < -0.39 is 11.9 Å². The zero-order valence-electron chi connectivity index (χ0n) is 13.5. The maximum absolute atomic E-state index is 12.0. The molecule has 122 valence electrons. The molecule has 3 N–H and O–H groups in total. The van der Waals surface area contributed by atoms with Gasteiger partial charge in [0.05, 0.1) is 6.42 Å². The summed E-state index contributed by atoms with van der Waals surface area (Å²) in [5, 5.41) is 2.75. The van der Waals surface area contributed by atoms with Gasteiger partial charge in [-0.3, -0.25) is 9.59 Å². The van der Waals surface area contributed by atoms with Gasteiger partial charge >= 0.3 is 0 Å². The molecule has 4 heteroatoms. The molecule has 0 aliphatic carbocycles. The number of carbonyl (C=O) groups is 2. The van der Waals surface area contributed by atoms with E-state index in [0.29, 0.717) is 6.42 Å². The number of hydrogen-bond donors (Lipinski definition) is 2. The minimum Gasteiger partial charge on any atom is -0.368 e. The Kier molecular flexibility index (Phi) is 8.96. The lowest BCUT2D eigenvalue weighted by Gasteiger charge is -2.15. The molecule has 0 saturated heterocycles. The van der Waals surface area contributed by atoms with Gasteiger partial charge in [-0.05, 0) is 12.0 Å². The van der Waals surface area contributed by atoms with Crippen molar-refractivity contribution in [3.05, 3.63) is 35.9 Å². The monoisotopic (exact) mass is 304 g/mol. The molecule has 0 saturated carbocycles. The highest BCUT2D eigenvalue weighted by Crippen LogP contribution is 2.09. The zero-order chi connectivity index (χ0) is 16.2. The average molecular weight is 304 g/mol. The van der Waals surface area contributed by atoms with Gasteiger partial charge in [0.15, 0.2) is 0 Å². The third-order valence-electron chi connectivity index (χ3n) is 3.73. The Balaban J connectivity index is 2.31. The minimum atomic E-state index is -0.553. The molecule has 0 aliphatic heterocycles. The fourth-order valence-corrected chi connectivity index (χ4v) is 2.44. The summed E-state index contributed by atoms with van der Waals surface area (Å²) in [5.41, 5.74) is 6.32. The Morgan fingerprint density at radius 2 is 1.68 bits per heavy atom. The Morgan fingerprint density at radius 1 is 1.05 bits per heavy atom. The van der Waals surface area contributed by atoms with Gasteiger partial charge in [-0.25, -0.2) is 0 Å². The van der Waals surface area contributed by atoms with Crippen molar-refractivity contribution in [3.8, 4) is 0 Å². The standard InChI is InChI=1S/C18H28N2O2/c1-2-3-4-5-6-10-13-16(18(19)22)20-17(21)14-15-11-8-7-9-12-15/h7-9,11-12,16H,2-6,10,13-14H2,1H3,(H2,19,22)(H,20,21). The van der Waals surface area contributed by atoms with Gasteiger partial charge in [-0.1, -0.05) is 75.8 Å². The smallest absolute Gasteiger partial charge is 0.239 e. The lowest BCUT2D eigenvalue weighted by atomic mass is 10.0. The number of carbonyl (C=O) groups excluding carboxylic acids is 2. The van der Waals surface area contributed by atoms with Crippen molar-refractivity contribution in [1.82, 2.24) is 5.32 Å². The van der Waals surface area contributed by atoms with E-state index in [0.717, 1.165) is 18.4 Å². The third kappa shape index (κ3) is 7.81. The van der Waals surface area contributed by atoms with Crippen molar-refractivity contribution in [3.63, 3.8) is 0 Å². The van der Waals surface area contributed by atoms with E-state index in [2.05, 4.69) is 12.2 Å². The first-order chi connectivity index (χ1) is 10.6. The fraction of sp³-hybridized carbons (Fsp3) is 0.556. The number of primary amides is 1. The quantitative estimate of drug-likeness (QED) is 0.617. The predicted molar refractivity (Wildman–Crippen MR) is 89.3 cm³/mol. The minimum absolute atomic E-state index is 0.152. The second-order valence-electron chi connectivity index (χ2n) is 5.74. The largest absolute Gasteiger partial charge is 0.368 e. The van der Waals surface area contributed by atoms with Gasteiger partial charge in [0.2, 0.25) is 11.8 Å². The molecule has 4 nitrogen and oxygen atoms in total. The van der Waals surface area contributed by atoms with E-state index in [9.17, 15) is 9.59 Å². The van der Waals surface area contributed by atoms with Crippen LogP contribution in [0.5, 0.6) is 0 Å². The number of unbranched alkanes of at least 4 members (excludes halogenated alkanes) is 5. The summed E-state index contributed by atoms with van der Waals surface area (Å²) < 4.78 is 0. The highest BCUT2D eigenvalue weighted by atomic mass is 16.2. The van der Waals surface area contributed by atoms with Crippen LogP contribution in [0, 0.1) is 0 Å². The maximum atomic E-state index is 12.0. The summed E-state index contributed by atoms with van der Waals surface area (Å²) in [5.74, 6) is -0.601. The summed E-state index contributed by atoms with van der Waals surface area (Å²) in [4.78, 5) is 23.4. The van der Waals surface area contributed by atoms with E-state index in [-0.39, 0.29) is 12.3 Å². The summed E-state index contributed by atoms with van der Waals surface area (Å²) in [6.45, 7) is 2.19. The van der Waals surface area contributed by atoms with Crippen LogP contribution in [0.1, 0.15) is 57.4 Å². The van der Waals surface area contributed by atoms with Crippen LogP contribution in [0.2, 0.25) is 0 Å². The van der Waals surface area contributed by atoms with E-state index in [1.165, 1.54) is 25.7 Å². The molecule has 0 spiro atoms. The van der Waals surface area contributed by atoms with Gasteiger partial charge in [-0.15, -0.1) is 0 Å². The fourth-order valence-electron chi connectivity index (χ4n) is 2.44. The zero-order valence-corrected chi connectivity index (χ0v) is 13.5. The lowest BCUT2D eigenvalue weighted by molar-refractivity contribution is -0.127. The second-order valence-corrected chi connectivity index (χ2v) is 5.74. The third-order valence-corrected chi connectivity index (χ3v) is 3.73. The molecule has 0 heterocycles. The molecule has 0 aliphatic rings. The lowest BCUT2D eigenvalue weighted by Crippen LogP contribution is -2.44. The number of hydrogen-bond acceptors (Lipinski definition) is 2. The maximum Gasteiger partial charge on any atom is 0.239 e. The molecule has 0 bridgehead atoms. The van der Waals surface area contributed by atoms with Crippen LogP contribution in [-0.4, -0.2) is 17.9 Å². The van der Waals surface area contributed by atoms with Crippen molar-refractivity contribution in [1.29, 1.82) is 0 Å². The molecule has 0 aromatic heterocycles. The summed E-state index contributed by atoms with van der Waals surface area (Å²) in [6, 6.07) is 8.93. The van der Waals surface area contributed by atoms with Crippen LogP contribution >= 0.6 is 0 Å². The van der Waals surface area contributed by atoms with Crippen LogP contribution in [0.25, 0.3) is 0 Å². The molecule has 1 unspecified atom stereocenters. The van der Waals surface area contributed by atoms with E-state index in [4.69, 9.17) is 5.73 Å². The van der Waals surface area contributed by atoms with E-state index >= 15 is 0 Å². The first kappa shape index (κ1) is 18.2. The number of nitrogens with one attached hydrogen (secondary N) is 1. The van der Waals surface area contributed by atoms with Gasteiger partial charge < -0.3 is 11.1 Å². The Bertz CT molecular complexity index is 446. The van der Waals surface area contributed by atoms with Crippen LogP contribution < -0.4 is 11.1 Å². The Morgan fingerprint density at radius 3 is 2.32 bits per heavy atom. The molecule has 1 aromatic carbocycles. The molecule has 0 fully saturated rings. The van der Waals surface area contributed by atoms with Gasteiger partial charge in [-0.2, -0.15) is 0 Å². The number of rotatable bonds is 11. The van der Waals surface area contributed by atoms with Crippen molar-refractivity contribution >= 4 is 11.8 Å². The van der Waals surface area contributed by atoms with Crippen LogP contribution in [-0.2, 0) is 16.0 Å². The molecular weight excluding hydrogens is 276 g/mol. The first-order valence-corrected chi connectivity index (χ1v) is 8.26. The van der Waals surface area contributed by atoms with Crippen molar-refractivity contribution < 1.29 is 9.59 Å². The molecule has 1 rings (SSSR count). The average Bonchev–Trinajstić information content (AvgIpc) is 2.50. The van der Waals surface area contributed by atoms with Gasteiger partial charge in [0.1, 0.15) is 6.04 Å². The Hall–Kier alpha value is -1.84. The topological polar surface area (TPSA) is 72.2 Å². The molecule has 1 atom stereocenters. The van der Waals surface area contributed by atoms with Crippen LogP contribution in [0.3, 0.4) is 0 Å². The van der Waals surface area contributed by atoms with Crippen molar-refractivity contribution in [2.24, 2.45) is 5.73 Å². The van der Waals surface area contributed by atoms with Crippen LogP contribution in [0.15, 0.2) is 30.3 Å². The molecule has 1 aromatic rings. The highest BCUT2D eigenvalue weighted by Gasteiger charge is 2.17. The molecule has 2 amide bonds. The second kappa shape index (κ2) is 10.8. The predicted octanol–water partition coefficient (Wildman–Crippen LogP) is 2.95. The summed E-state index contributed by atoms with van der Waals surface area (Å²) in [6.07, 6.45) is 7.80. The van der Waals surface area contributed by atoms with Gasteiger partial charge in [0, 0.05) is 0 Å². The van der Waals surface area contributed by atoms with Crippen molar-refractivity contribution in [2.45, 2.75) is 64.3 Å². The molecule has 0 radical (unpaired) electrons. The van der Waals surface area contributed by atoms with Gasteiger partial charge in [0.25, 0.3) is 0 Å². The summed E-state index contributed by atoms with van der Waals surface area (Å²) in [7, 11) is 0. The SMILES string of the molecule is CCCCCCCCC(NC(=O)Cc1ccccc1)C(N)=O. The first-order valence-electron chi connectivity index (χ1n) is 8.26. The Labute approximate surface area is 133 Å². The van der Waals surface area contributed by atoms with E-state index in [1.54, 1.807) is 0 Å². The van der Waals surface area contributed by atoms with E-state index in [1.807, 2.05) is 30.3 Å². The summed E-state index contributed by atoms with van der Waals surface area (Å²) >= 11 is 0. The normalized spacial score (nSPS) is 11.9. The van der Waals surface area contributed by atoms with Crippen molar-refractivity contribution in [2.75, 3.05) is 0 Å². The van der Waals surface area contributed by atoms with Crippen LogP contribution in [0.4, 0.5) is 0 Å². The number of benzene rings is 1. The molecule has 22 heavy (non-hydrogen) atoms. The number of nitrogens with two attached hydrogens (primary N) is 1. The molecular formula is C18H28N2O2. The highest BCUT2D eigenvalue weighted by molar-refractivity contribution is 5.87. The number of amides is 2.